The molecule has 6 N–H and O–H groups in total. The van der Waals surface area contributed by atoms with Gasteiger partial charge in [0.25, 0.3) is 0 Å². The van der Waals surface area contributed by atoms with E-state index in [1.165, 1.54) is 6.33 Å². The number of hydrogen-bond donors (Lipinski definition) is 5. The van der Waals surface area contributed by atoms with Gasteiger partial charge in [-0.05, 0) is 36.8 Å². The average Bonchev–Trinajstić information content (AvgIpc) is 3.33. The SMILES string of the molecule is C[C@H]1O[C@@H](n2cc(-c3ccccc3)c3c(Nc4ccc(C(=N)N)cc4)ncnc32)[C@H](O)[C@@H]1O. The molecular formula is C24H24N6O3. The molecule has 4 aromatic rings. The van der Waals surface area contributed by atoms with Crippen molar-refractivity contribution in [3.8, 4) is 11.1 Å². The number of fused-ring (bicyclic) bond motifs is 1. The van der Waals surface area contributed by atoms with Gasteiger partial charge in [0.05, 0.1) is 11.5 Å². The van der Waals surface area contributed by atoms with Crippen LogP contribution in [0.25, 0.3) is 22.2 Å². The van der Waals surface area contributed by atoms with Crippen molar-refractivity contribution in [1.82, 2.24) is 14.5 Å². The number of nitrogens with one attached hydrogen (secondary N) is 2. The van der Waals surface area contributed by atoms with E-state index in [-0.39, 0.29) is 5.84 Å². The predicted octanol–water partition coefficient (Wildman–Crippen LogP) is 2.77. The third kappa shape index (κ3) is 3.72. The van der Waals surface area contributed by atoms with E-state index < -0.39 is 24.5 Å². The number of aliphatic hydroxyl groups is 2. The fourth-order valence-corrected chi connectivity index (χ4v) is 4.14. The van der Waals surface area contributed by atoms with Crippen molar-refractivity contribution in [3.05, 3.63) is 72.7 Å². The van der Waals surface area contributed by atoms with Crippen molar-refractivity contribution < 1.29 is 14.9 Å². The van der Waals surface area contributed by atoms with E-state index >= 15 is 0 Å². The minimum Gasteiger partial charge on any atom is -0.388 e. The zero-order valence-electron chi connectivity index (χ0n) is 17.9. The summed E-state index contributed by atoms with van der Waals surface area (Å²) >= 11 is 0. The Bertz CT molecular complexity index is 1310. The molecule has 0 radical (unpaired) electrons. The van der Waals surface area contributed by atoms with E-state index in [4.69, 9.17) is 15.9 Å². The second kappa shape index (κ2) is 8.28. The summed E-state index contributed by atoms with van der Waals surface area (Å²) in [7, 11) is 0. The van der Waals surface area contributed by atoms with Crippen LogP contribution in [0.4, 0.5) is 11.5 Å². The molecule has 33 heavy (non-hydrogen) atoms. The topological polar surface area (TPSA) is 142 Å². The number of rotatable bonds is 5. The Balaban J connectivity index is 1.65. The maximum absolute atomic E-state index is 10.6. The molecule has 1 aliphatic heterocycles. The molecule has 0 bridgehead atoms. The lowest BCUT2D eigenvalue weighted by atomic mass is 10.1. The van der Waals surface area contributed by atoms with Crippen molar-refractivity contribution in [2.24, 2.45) is 5.73 Å². The van der Waals surface area contributed by atoms with Crippen LogP contribution in [0.5, 0.6) is 0 Å². The molecule has 5 rings (SSSR count). The van der Waals surface area contributed by atoms with Crippen LogP contribution in [0.15, 0.2) is 67.1 Å². The second-order valence-corrected chi connectivity index (χ2v) is 8.07. The third-order valence-corrected chi connectivity index (χ3v) is 5.90. The molecule has 168 valence electrons. The molecule has 0 aliphatic carbocycles. The van der Waals surface area contributed by atoms with Crippen molar-refractivity contribution in [3.63, 3.8) is 0 Å². The fourth-order valence-electron chi connectivity index (χ4n) is 4.14. The van der Waals surface area contributed by atoms with Crippen LogP contribution in [0.3, 0.4) is 0 Å². The van der Waals surface area contributed by atoms with E-state index in [2.05, 4.69) is 15.3 Å². The lowest BCUT2D eigenvalue weighted by Crippen LogP contribution is -2.30. The van der Waals surface area contributed by atoms with Gasteiger partial charge < -0.3 is 30.6 Å². The average molecular weight is 444 g/mol. The van der Waals surface area contributed by atoms with Gasteiger partial charge in [-0.3, -0.25) is 5.41 Å². The van der Waals surface area contributed by atoms with Crippen molar-refractivity contribution in [2.75, 3.05) is 5.32 Å². The molecule has 1 fully saturated rings. The number of aromatic nitrogens is 3. The number of aliphatic hydroxyl groups excluding tert-OH is 2. The summed E-state index contributed by atoms with van der Waals surface area (Å²) in [6.07, 6.45) is -0.0655. The standard InChI is InChI=1S/C24H24N6O3/c1-13-19(31)20(32)24(33-13)30-11-17(14-5-3-2-4-6-14)18-22(27-12-28-23(18)30)29-16-9-7-15(8-10-16)21(25)26/h2-13,19-20,24,31-32H,1H3,(H3,25,26)(H,27,28,29)/t13-,19-,20-,24-/m1/s1. The van der Waals surface area contributed by atoms with Gasteiger partial charge in [-0.1, -0.05) is 30.3 Å². The first-order chi connectivity index (χ1) is 15.9. The molecule has 0 amide bonds. The number of nitrogens with zero attached hydrogens (tertiary/aromatic N) is 3. The van der Waals surface area contributed by atoms with Crippen LogP contribution in [0.1, 0.15) is 18.7 Å². The zero-order chi connectivity index (χ0) is 23.1. The Morgan fingerprint density at radius 3 is 2.42 bits per heavy atom. The monoisotopic (exact) mass is 444 g/mol. The Hall–Kier alpha value is -3.79. The molecule has 0 saturated carbocycles. The molecule has 1 saturated heterocycles. The molecule has 2 aromatic heterocycles. The Morgan fingerprint density at radius 2 is 1.79 bits per heavy atom. The summed E-state index contributed by atoms with van der Waals surface area (Å²) in [5, 5.41) is 32.5. The molecule has 1 aliphatic rings. The van der Waals surface area contributed by atoms with E-state index in [9.17, 15) is 10.2 Å². The minimum atomic E-state index is -1.09. The Labute approximate surface area is 190 Å². The van der Waals surface area contributed by atoms with Gasteiger partial charge in [-0.2, -0.15) is 0 Å². The number of benzene rings is 2. The maximum atomic E-state index is 10.6. The lowest BCUT2D eigenvalue weighted by molar-refractivity contribution is -0.0295. The van der Waals surface area contributed by atoms with Gasteiger partial charge in [0.2, 0.25) is 0 Å². The first-order valence-corrected chi connectivity index (χ1v) is 10.6. The molecule has 0 unspecified atom stereocenters. The van der Waals surface area contributed by atoms with Gasteiger partial charge in [0, 0.05) is 23.0 Å². The molecule has 4 atom stereocenters. The Kier molecular flexibility index (Phi) is 5.29. The highest BCUT2D eigenvalue weighted by atomic mass is 16.6. The van der Waals surface area contributed by atoms with Crippen LogP contribution in [-0.4, -0.2) is 48.9 Å². The summed E-state index contributed by atoms with van der Waals surface area (Å²) in [6.45, 7) is 1.73. The first kappa shape index (κ1) is 21.1. The summed E-state index contributed by atoms with van der Waals surface area (Å²) in [6, 6.07) is 17.0. The van der Waals surface area contributed by atoms with Gasteiger partial charge in [-0.15, -0.1) is 0 Å². The summed E-state index contributed by atoms with van der Waals surface area (Å²) in [5.41, 5.74) is 9.34. The third-order valence-electron chi connectivity index (χ3n) is 5.90. The summed E-state index contributed by atoms with van der Waals surface area (Å²) in [4.78, 5) is 8.97. The van der Waals surface area contributed by atoms with Crippen molar-refractivity contribution in [2.45, 2.75) is 31.5 Å². The fraction of sp³-hybridized carbons (Fsp3) is 0.208. The van der Waals surface area contributed by atoms with Gasteiger partial charge in [0.15, 0.2) is 6.23 Å². The molecule has 0 spiro atoms. The highest BCUT2D eigenvalue weighted by molar-refractivity contribution is 6.02. The molecule has 2 aromatic carbocycles. The summed E-state index contributed by atoms with van der Waals surface area (Å²) < 4.78 is 7.62. The number of nitrogen functional groups attached to an aromatic ring is 1. The number of ether oxygens (including phenoxy) is 1. The van der Waals surface area contributed by atoms with Gasteiger partial charge >= 0.3 is 0 Å². The predicted molar refractivity (Wildman–Crippen MR) is 125 cm³/mol. The van der Waals surface area contributed by atoms with Crippen LogP contribution in [0, 0.1) is 5.41 Å². The molecule has 9 heteroatoms. The smallest absolute Gasteiger partial charge is 0.164 e. The highest BCUT2D eigenvalue weighted by Crippen LogP contribution is 2.39. The number of amidine groups is 1. The van der Waals surface area contributed by atoms with Crippen LogP contribution < -0.4 is 11.1 Å². The molecular weight excluding hydrogens is 420 g/mol. The van der Waals surface area contributed by atoms with Crippen molar-refractivity contribution >= 4 is 28.4 Å². The second-order valence-electron chi connectivity index (χ2n) is 8.07. The van der Waals surface area contributed by atoms with Crippen molar-refractivity contribution in [1.29, 1.82) is 5.41 Å². The first-order valence-electron chi connectivity index (χ1n) is 10.6. The normalized spacial score (nSPS) is 22.5. The summed E-state index contributed by atoms with van der Waals surface area (Å²) in [5.74, 6) is 0.579. The zero-order valence-corrected chi connectivity index (χ0v) is 17.9. The number of hydrogen-bond acceptors (Lipinski definition) is 7. The van der Waals surface area contributed by atoms with E-state index in [1.807, 2.05) is 48.7 Å². The minimum absolute atomic E-state index is 0.000883. The van der Waals surface area contributed by atoms with E-state index in [0.29, 0.717) is 17.0 Å². The molecule has 9 nitrogen and oxygen atoms in total. The van der Waals surface area contributed by atoms with Crippen LogP contribution in [0.2, 0.25) is 0 Å². The quantitative estimate of drug-likeness (QED) is 0.235. The maximum Gasteiger partial charge on any atom is 0.164 e. The lowest BCUT2D eigenvalue weighted by Gasteiger charge is -2.17. The number of anilines is 2. The van der Waals surface area contributed by atoms with Crippen LogP contribution >= 0.6 is 0 Å². The van der Waals surface area contributed by atoms with Gasteiger partial charge in [0.1, 0.15) is 35.8 Å². The van der Waals surface area contributed by atoms with E-state index in [1.54, 1.807) is 23.6 Å². The van der Waals surface area contributed by atoms with E-state index in [0.717, 1.165) is 22.2 Å². The largest absolute Gasteiger partial charge is 0.388 e. The number of nitrogens with two attached hydrogens (primary N) is 1. The highest BCUT2D eigenvalue weighted by Gasteiger charge is 2.42. The van der Waals surface area contributed by atoms with Crippen LogP contribution in [-0.2, 0) is 4.74 Å². The Morgan fingerprint density at radius 1 is 1.06 bits per heavy atom. The van der Waals surface area contributed by atoms with Gasteiger partial charge in [-0.25, -0.2) is 9.97 Å². The molecule has 3 heterocycles.